The smallest absolute Gasteiger partial charge is 0.249 e. The van der Waals surface area contributed by atoms with Gasteiger partial charge >= 0.3 is 0 Å². The van der Waals surface area contributed by atoms with Crippen LogP contribution in [0.5, 0.6) is 0 Å². The van der Waals surface area contributed by atoms with Crippen molar-refractivity contribution in [2.24, 2.45) is 5.92 Å². The number of methoxy groups -OCH3 is 1. The number of amides is 2. The lowest BCUT2D eigenvalue weighted by molar-refractivity contribution is -0.138. The molecule has 1 aliphatic rings. The number of aromatic nitrogens is 1. The highest BCUT2D eigenvalue weighted by molar-refractivity contribution is 7.15. The second-order valence-corrected chi connectivity index (χ2v) is 6.21. The molecule has 0 spiro atoms. The third kappa shape index (κ3) is 4.57. The molecule has 1 aliphatic carbocycles. The van der Waals surface area contributed by atoms with Gasteiger partial charge in [0.2, 0.25) is 11.8 Å². The molecule has 0 radical (unpaired) electrons. The van der Waals surface area contributed by atoms with Gasteiger partial charge in [0.05, 0.1) is 0 Å². The fraction of sp³-hybridized carbons (Fsp3) is 0.615. The largest absolute Gasteiger partial charge is 0.375 e. The fourth-order valence-electron chi connectivity index (χ4n) is 1.83. The summed E-state index contributed by atoms with van der Waals surface area (Å²) in [6.07, 6.45) is 3.96. The van der Waals surface area contributed by atoms with E-state index >= 15 is 0 Å². The first-order valence-corrected chi connectivity index (χ1v) is 7.39. The Hall–Kier alpha value is -1.47. The van der Waals surface area contributed by atoms with Crippen molar-refractivity contribution in [1.29, 1.82) is 0 Å². The van der Waals surface area contributed by atoms with Gasteiger partial charge in [-0.15, -0.1) is 11.3 Å². The molecule has 0 bridgehead atoms. The first-order chi connectivity index (χ1) is 9.58. The van der Waals surface area contributed by atoms with Crippen molar-refractivity contribution in [2.75, 3.05) is 32.1 Å². The molecule has 1 N–H and O–H groups in total. The maximum absolute atomic E-state index is 12.0. The van der Waals surface area contributed by atoms with E-state index in [-0.39, 0.29) is 25.0 Å². The average molecular weight is 297 g/mol. The molecule has 0 atom stereocenters. The molecule has 0 aliphatic heterocycles. The lowest BCUT2D eigenvalue weighted by Gasteiger charge is -2.21. The van der Waals surface area contributed by atoms with Crippen LogP contribution in [0, 0.1) is 12.8 Å². The van der Waals surface area contributed by atoms with Crippen molar-refractivity contribution in [3.8, 4) is 0 Å². The highest BCUT2D eigenvalue weighted by Gasteiger charge is 2.27. The first-order valence-electron chi connectivity index (χ1n) is 6.57. The molecule has 6 nitrogen and oxygen atoms in total. The van der Waals surface area contributed by atoms with E-state index in [9.17, 15) is 9.59 Å². The summed E-state index contributed by atoms with van der Waals surface area (Å²) in [4.78, 5) is 30.5. The number of anilines is 1. The minimum Gasteiger partial charge on any atom is -0.375 e. The van der Waals surface area contributed by atoms with Crippen molar-refractivity contribution in [2.45, 2.75) is 19.8 Å². The molecule has 1 saturated carbocycles. The van der Waals surface area contributed by atoms with Crippen LogP contribution in [0.25, 0.3) is 0 Å². The Morgan fingerprint density at radius 2 is 2.30 bits per heavy atom. The van der Waals surface area contributed by atoms with Gasteiger partial charge in [-0.25, -0.2) is 4.98 Å². The van der Waals surface area contributed by atoms with Crippen LogP contribution in [-0.2, 0) is 14.3 Å². The van der Waals surface area contributed by atoms with Crippen molar-refractivity contribution in [3.63, 3.8) is 0 Å². The number of nitrogens with one attached hydrogen (secondary N) is 1. The van der Waals surface area contributed by atoms with Crippen molar-refractivity contribution in [3.05, 3.63) is 11.1 Å². The van der Waals surface area contributed by atoms with Crippen LogP contribution in [-0.4, -0.2) is 48.5 Å². The molecule has 0 unspecified atom stereocenters. The van der Waals surface area contributed by atoms with E-state index in [1.165, 1.54) is 18.4 Å². The molecule has 7 heteroatoms. The van der Waals surface area contributed by atoms with Crippen LogP contribution in [0.2, 0.25) is 0 Å². The molecule has 1 aromatic heterocycles. The summed E-state index contributed by atoms with van der Waals surface area (Å²) in [5, 5.41) is 3.29. The van der Waals surface area contributed by atoms with Gasteiger partial charge in [0.15, 0.2) is 5.13 Å². The highest BCUT2D eigenvalue weighted by Crippen LogP contribution is 2.29. The van der Waals surface area contributed by atoms with E-state index in [0.29, 0.717) is 17.6 Å². The van der Waals surface area contributed by atoms with Crippen LogP contribution in [0.15, 0.2) is 6.20 Å². The van der Waals surface area contributed by atoms with Crippen molar-refractivity contribution < 1.29 is 14.3 Å². The number of carbonyl (C=O) groups is 2. The Kier molecular flexibility index (Phi) is 5.08. The summed E-state index contributed by atoms with van der Waals surface area (Å²) in [5.41, 5.74) is 0. The second kappa shape index (κ2) is 6.81. The van der Waals surface area contributed by atoms with E-state index in [0.717, 1.165) is 17.7 Å². The van der Waals surface area contributed by atoms with E-state index in [4.69, 9.17) is 4.74 Å². The van der Waals surface area contributed by atoms with Gasteiger partial charge < -0.3 is 15.0 Å². The van der Waals surface area contributed by atoms with Crippen molar-refractivity contribution >= 4 is 28.3 Å². The number of ether oxygens (including phenoxy) is 1. The maximum Gasteiger partial charge on any atom is 0.249 e. The lowest BCUT2D eigenvalue weighted by Crippen LogP contribution is -2.41. The predicted molar refractivity (Wildman–Crippen MR) is 76.7 cm³/mol. The number of nitrogens with zero attached hydrogens (tertiary/aromatic N) is 2. The quantitative estimate of drug-likeness (QED) is 0.823. The van der Waals surface area contributed by atoms with Crippen LogP contribution >= 0.6 is 11.3 Å². The van der Waals surface area contributed by atoms with Crippen LogP contribution in [0.1, 0.15) is 17.7 Å². The molecule has 110 valence electrons. The zero-order valence-electron chi connectivity index (χ0n) is 11.7. The van der Waals surface area contributed by atoms with Crippen LogP contribution in [0.4, 0.5) is 5.13 Å². The number of thiazole rings is 1. The minimum absolute atomic E-state index is 0.0103. The molecule has 2 rings (SSSR count). The summed E-state index contributed by atoms with van der Waals surface area (Å²) in [6, 6.07) is 0. The van der Waals surface area contributed by atoms with E-state index in [2.05, 4.69) is 10.3 Å². The molecule has 1 aromatic rings. The Morgan fingerprint density at radius 3 is 2.85 bits per heavy atom. The summed E-state index contributed by atoms with van der Waals surface area (Å²) in [5.74, 6) is 0.167. The Bertz CT molecular complexity index is 485. The molecule has 1 heterocycles. The number of aryl methyl sites for hydroxylation is 1. The zero-order valence-corrected chi connectivity index (χ0v) is 12.5. The third-order valence-electron chi connectivity index (χ3n) is 3.00. The zero-order chi connectivity index (χ0) is 14.5. The summed E-state index contributed by atoms with van der Waals surface area (Å²) < 4.78 is 4.86. The number of rotatable bonds is 7. The SMILES string of the molecule is COCC(=O)N(CC(=O)Nc1ncc(C)s1)CC1CC1. The molecule has 0 saturated heterocycles. The number of hydrogen-bond acceptors (Lipinski definition) is 5. The van der Waals surface area contributed by atoms with Crippen molar-refractivity contribution in [1.82, 2.24) is 9.88 Å². The first kappa shape index (κ1) is 14.9. The van der Waals surface area contributed by atoms with Gasteiger partial charge in [0, 0.05) is 24.7 Å². The second-order valence-electron chi connectivity index (χ2n) is 4.97. The topological polar surface area (TPSA) is 71.5 Å². The van der Waals surface area contributed by atoms with Crippen LogP contribution < -0.4 is 5.32 Å². The van der Waals surface area contributed by atoms with Crippen LogP contribution in [0.3, 0.4) is 0 Å². The van der Waals surface area contributed by atoms with E-state index < -0.39 is 0 Å². The molecule has 0 aromatic carbocycles. The van der Waals surface area contributed by atoms with Gasteiger partial charge in [0.1, 0.15) is 13.2 Å². The Labute approximate surface area is 122 Å². The Morgan fingerprint density at radius 1 is 1.55 bits per heavy atom. The summed E-state index contributed by atoms with van der Waals surface area (Å²) in [7, 11) is 1.48. The Balaban J connectivity index is 1.88. The maximum atomic E-state index is 12.0. The third-order valence-corrected chi connectivity index (χ3v) is 3.83. The van der Waals surface area contributed by atoms with E-state index in [1.54, 1.807) is 11.1 Å². The standard InChI is InChI=1S/C13H19N3O3S/c1-9-5-14-13(20-9)15-11(17)7-16(6-10-3-4-10)12(18)8-19-2/h5,10H,3-4,6-8H2,1-2H3,(H,14,15,17). The van der Waals surface area contributed by atoms with Gasteiger partial charge in [-0.1, -0.05) is 0 Å². The monoisotopic (exact) mass is 297 g/mol. The van der Waals surface area contributed by atoms with Gasteiger partial charge in [-0.3, -0.25) is 9.59 Å². The van der Waals surface area contributed by atoms with Gasteiger partial charge in [-0.2, -0.15) is 0 Å². The normalized spacial score (nSPS) is 14.1. The molecule has 1 fully saturated rings. The summed E-state index contributed by atoms with van der Waals surface area (Å²) >= 11 is 1.42. The lowest BCUT2D eigenvalue weighted by atomic mass is 10.3. The molecule has 2 amide bonds. The van der Waals surface area contributed by atoms with Gasteiger partial charge in [-0.05, 0) is 25.7 Å². The number of carbonyl (C=O) groups excluding carboxylic acids is 2. The van der Waals surface area contributed by atoms with Gasteiger partial charge in [0.25, 0.3) is 0 Å². The molecule has 20 heavy (non-hydrogen) atoms. The number of hydrogen-bond donors (Lipinski definition) is 1. The minimum atomic E-state index is -0.218. The van der Waals surface area contributed by atoms with E-state index in [1.807, 2.05) is 6.92 Å². The highest BCUT2D eigenvalue weighted by atomic mass is 32.1. The predicted octanol–water partition coefficient (Wildman–Crippen LogP) is 1.28. The molecular formula is C13H19N3O3S. The fourth-order valence-corrected chi connectivity index (χ4v) is 2.51. The summed E-state index contributed by atoms with van der Waals surface area (Å²) in [6.45, 7) is 2.62. The average Bonchev–Trinajstić information content (AvgIpc) is 3.11. The molecular weight excluding hydrogens is 278 g/mol.